The number of ether oxygens (including phenoxy) is 1. The SMILES string of the molecule is CCCN(CCNC1CCN2CCCC2C1)C(=O)OC(C)(C)C. The van der Waals surface area contributed by atoms with Crippen LogP contribution in [0.15, 0.2) is 0 Å². The number of piperidine rings is 1. The Bertz CT molecular complexity index is 381. The average molecular weight is 325 g/mol. The number of hydrogen-bond donors (Lipinski definition) is 1. The third-order valence-electron chi connectivity index (χ3n) is 4.78. The molecule has 1 amide bonds. The van der Waals surface area contributed by atoms with Crippen LogP contribution in [0.25, 0.3) is 0 Å². The number of amides is 1. The van der Waals surface area contributed by atoms with Crippen LogP contribution in [0.3, 0.4) is 0 Å². The molecule has 0 bridgehead atoms. The van der Waals surface area contributed by atoms with E-state index in [9.17, 15) is 4.79 Å². The summed E-state index contributed by atoms with van der Waals surface area (Å²) < 4.78 is 5.50. The fourth-order valence-corrected chi connectivity index (χ4v) is 3.70. The normalized spacial score (nSPS) is 25.2. The van der Waals surface area contributed by atoms with Crippen LogP contribution in [0.1, 0.15) is 59.8 Å². The Morgan fingerprint density at radius 3 is 2.74 bits per heavy atom. The van der Waals surface area contributed by atoms with Crippen molar-refractivity contribution in [1.82, 2.24) is 15.1 Å². The predicted octanol–water partition coefficient (Wildman–Crippen LogP) is 2.85. The van der Waals surface area contributed by atoms with Crippen molar-refractivity contribution in [2.45, 2.75) is 77.5 Å². The molecule has 2 fully saturated rings. The quantitative estimate of drug-likeness (QED) is 0.815. The number of nitrogens with one attached hydrogen (secondary N) is 1. The fraction of sp³-hybridized carbons (Fsp3) is 0.944. The van der Waals surface area contributed by atoms with Gasteiger partial charge in [-0.3, -0.25) is 0 Å². The summed E-state index contributed by atoms with van der Waals surface area (Å²) in [6.07, 6.45) is 5.99. The van der Waals surface area contributed by atoms with Gasteiger partial charge in [0, 0.05) is 31.7 Å². The van der Waals surface area contributed by atoms with Crippen molar-refractivity contribution in [1.29, 1.82) is 0 Å². The van der Waals surface area contributed by atoms with Crippen LogP contribution in [-0.2, 0) is 4.74 Å². The maximum atomic E-state index is 12.2. The summed E-state index contributed by atoms with van der Waals surface area (Å²) in [6, 6.07) is 1.40. The van der Waals surface area contributed by atoms with Gasteiger partial charge < -0.3 is 19.9 Å². The molecule has 5 heteroatoms. The van der Waals surface area contributed by atoms with Gasteiger partial charge in [-0.15, -0.1) is 0 Å². The lowest BCUT2D eigenvalue weighted by molar-refractivity contribution is 0.0248. The van der Waals surface area contributed by atoms with Crippen molar-refractivity contribution < 1.29 is 9.53 Å². The van der Waals surface area contributed by atoms with E-state index in [1.165, 1.54) is 38.8 Å². The molecule has 2 aliphatic heterocycles. The molecule has 2 unspecified atom stereocenters. The van der Waals surface area contributed by atoms with Gasteiger partial charge in [0.15, 0.2) is 0 Å². The fourth-order valence-electron chi connectivity index (χ4n) is 3.70. The monoisotopic (exact) mass is 325 g/mol. The lowest BCUT2D eigenvalue weighted by Crippen LogP contribution is -2.48. The first kappa shape index (κ1) is 18.5. The first-order chi connectivity index (χ1) is 10.9. The number of carbonyl (C=O) groups is 1. The van der Waals surface area contributed by atoms with Crippen molar-refractivity contribution in [2.75, 3.05) is 32.7 Å². The first-order valence-electron chi connectivity index (χ1n) is 9.34. The van der Waals surface area contributed by atoms with Crippen molar-refractivity contribution >= 4 is 6.09 Å². The molecule has 23 heavy (non-hydrogen) atoms. The molecule has 0 aliphatic carbocycles. The molecular weight excluding hydrogens is 290 g/mol. The molecule has 0 saturated carbocycles. The Kier molecular flexibility index (Phi) is 6.72. The molecule has 2 atom stereocenters. The van der Waals surface area contributed by atoms with Crippen LogP contribution >= 0.6 is 0 Å². The molecule has 2 rings (SSSR count). The lowest BCUT2D eigenvalue weighted by Gasteiger charge is -2.35. The van der Waals surface area contributed by atoms with Crippen LogP contribution in [-0.4, -0.2) is 66.3 Å². The Balaban J connectivity index is 1.72. The zero-order chi connectivity index (χ0) is 16.9. The van der Waals surface area contributed by atoms with Gasteiger partial charge in [-0.2, -0.15) is 0 Å². The molecule has 0 aromatic heterocycles. The second-order valence-electron chi connectivity index (χ2n) is 7.97. The molecule has 2 aliphatic rings. The Morgan fingerprint density at radius 2 is 2.04 bits per heavy atom. The minimum absolute atomic E-state index is 0.188. The summed E-state index contributed by atoms with van der Waals surface area (Å²) in [5.74, 6) is 0. The lowest BCUT2D eigenvalue weighted by atomic mass is 9.97. The van der Waals surface area contributed by atoms with Crippen LogP contribution in [0, 0.1) is 0 Å². The number of nitrogens with zero attached hydrogens (tertiary/aromatic N) is 2. The highest BCUT2D eigenvalue weighted by Gasteiger charge is 2.31. The maximum Gasteiger partial charge on any atom is 0.410 e. The molecular formula is C18H35N3O2. The largest absolute Gasteiger partial charge is 0.444 e. The highest BCUT2D eigenvalue weighted by atomic mass is 16.6. The van der Waals surface area contributed by atoms with Gasteiger partial charge in [0.25, 0.3) is 0 Å². The molecule has 5 nitrogen and oxygen atoms in total. The van der Waals surface area contributed by atoms with Crippen molar-refractivity contribution in [3.05, 3.63) is 0 Å². The van der Waals surface area contributed by atoms with E-state index >= 15 is 0 Å². The molecule has 0 spiro atoms. The zero-order valence-corrected chi connectivity index (χ0v) is 15.4. The van der Waals surface area contributed by atoms with E-state index in [0.717, 1.165) is 32.1 Å². The van der Waals surface area contributed by atoms with Crippen LogP contribution in [0.2, 0.25) is 0 Å². The van der Waals surface area contributed by atoms with E-state index in [1.54, 1.807) is 0 Å². The minimum atomic E-state index is -0.425. The molecule has 0 aromatic rings. The summed E-state index contributed by atoms with van der Waals surface area (Å²) >= 11 is 0. The van der Waals surface area contributed by atoms with E-state index in [0.29, 0.717) is 6.04 Å². The van der Waals surface area contributed by atoms with Gasteiger partial charge in [0.05, 0.1) is 0 Å². The van der Waals surface area contributed by atoms with Crippen LogP contribution in [0.5, 0.6) is 0 Å². The maximum absolute atomic E-state index is 12.2. The standard InChI is InChI=1S/C18H35N3O2/c1-5-10-21(17(22)23-18(2,3)4)13-9-19-15-8-12-20-11-6-7-16(20)14-15/h15-16,19H,5-14H2,1-4H3. The predicted molar refractivity (Wildman–Crippen MR) is 93.7 cm³/mol. The molecule has 134 valence electrons. The first-order valence-corrected chi connectivity index (χ1v) is 9.34. The van der Waals surface area contributed by atoms with Gasteiger partial charge in [-0.1, -0.05) is 6.92 Å². The molecule has 0 aromatic carbocycles. The van der Waals surface area contributed by atoms with Crippen molar-refractivity contribution in [3.63, 3.8) is 0 Å². The number of rotatable bonds is 6. The highest BCUT2D eigenvalue weighted by Crippen LogP contribution is 2.26. The third-order valence-corrected chi connectivity index (χ3v) is 4.78. The second kappa shape index (κ2) is 8.34. The highest BCUT2D eigenvalue weighted by molar-refractivity contribution is 5.68. The summed E-state index contributed by atoms with van der Waals surface area (Å²) in [6.45, 7) is 12.7. The van der Waals surface area contributed by atoms with E-state index < -0.39 is 5.60 Å². The molecule has 1 N–H and O–H groups in total. The van der Waals surface area contributed by atoms with Gasteiger partial charge in [0.1, 0.15) is 5.60 Å². The van der Waals surface area contributed by atoms with Gasteiger partial charge in [0.2, 0.25) is 0 Å². The Hall–Kier alpha value is -0.810. The zero-order valence-electron chi connectivity index (χ0n) is 15.4. The summed E-state index contributed by atoms with van der Waals surface area (Å²) in [5, 5.41) is 3.66. The smallest absolute Gasteiger partial charge is 0.410 e. The minimum Gasteiger partial charge on any atom is -0.444 e. The number of carbonyl (C=O) groups excluding carboxylic acids is 1. The summed E-state index contributed by atoms with van der Waals surface area (Å²) in [4.78, 5) is 16.7. The van der Waals surface area contributed by atoms with Crippen molar-refractivity contribution in [2.24, 2.45) is 0 Å². The van der Waals surface area contributed by atoms with Gasteiger partial charge in [-0.25, -0.2) is 4.79 Å². The third kappa shape index (κ3) is 5.96. The second-order valence-corrected chi connectivity index (χ2v) is 7.97. The molecule has 0 radical (unpaired) electrons. The van der Waals surface area contributed by atoms with Gasteiger partial charge >= 0.3 is 6.09 Å². The Morgan fingerprint density at radius 1 is 1.26 bits per heavy atom. The van der Waals surface area contributed by atoms with Gasteiger partial charge in [-0.05, 0) is 66.0 Å². The molecule has 2 heterocycles. The average Bonchev–Trinajstić information content (AvgIpc) is 2.92. The van der Waals surface area contributed by atoms with Crippen LogP contribution < -0.4 is 5.32 Å². The van der Waals surface area contributed by atoms with E-state index in [1.807, 2.05) is 25.7 Å². The number of hydrogen-bond acceptors (Lipinski definition) is 4. The van der Waals surface area contributed by atoms with Crippen molar-refractivity contribution in [3.8, 4) is 0 Å². The van der Waals surface area contributed by atoms with E-state index in [4.69, 9.17) is 4.74 Å². The Labute approximate surface area is 141 Å². The van der Waals surface area contributed by atoms with E-state index in [-0.39, 0.29) is 6.09 Å². The van der Waals surface area contributed by atoms with E-state index in [2.05, 4.69) is 17.1 Å². The summed E-state index contributed by atoms with van der Waals surface area (Å²) in [5.41, 5.74) is -0.425. The van der Waals surface area contributed by atoms with Crippen LogP contribution in [0.4, 0.5) is 4.79 Å². The number of fused-ring (bicyclic) bond motifs is 1. The topological polar surface area (TPSA) is 44.8 Å². The molecule has 2 saturated heterocycles. The summed E-state index contributed by atoms with van der Waals surface area (Å²) in [7, 11) is 0.